The Labute approximate surface area is 301 Å². The third-order valence-electron chi connectivity index (χ3n) is 9.33. The van der Waals surface area contributed by atoms with E-state index >= 15 is 0 Å². The molecule has 0 unspecified atom stereocenters. The van der Waals surface area contributed by atoms with Gasteiger partial charge in [0, 0.05) is 56.3 Å². The van der Waals surface area contributed by atoms with Gasteiger partial charge in [0.25, 0.3) is 0 Å². The Balaban J connectivity index is 1.10. The molecule has 246 valence electrons. The number of aromatic nitrogens is 4. The van der Waals surface area contributed by atoms with Crippen molar-refractivity contribution in [3.8, 4) is 51.0 Å². The van der Waals surface area contributed by atoms with E-state index in [0.717, 1.165) is 72.2 Å². The molecule has 0 radical (unpaired) electrons. The number of hydrogen-bond acceptors (Lipinski definition) is 5. The van der Waals surface area contributed by atoms with Gasteiger partial charge in [-0.1, -0.05) is 127 Å². The summed E-state index contributed by atoms with van der Waals surface area (Å²) in [7, 11) is 0. The van der Waals surface area contributed by atoms with E-state index in [4.69, 9.17) is 20.4 Å². The lowest BCUT2D eigenvalue weighted by atomic mass is 10.0. The predicted octanol–water partition coefficient (Wildman–Crippen LogP) is 11.4. The highest BCUT2D eigenvalue weighted by Gasteiger charge is 2.16. The Morgan fingerprint density at radius 2 is 1.00 bits per heavy atom. The van der Waals surface area contributed by atoms with Gasteiger partial charge >= 0.3 is 0 Å². The Kier molecular flexibility index (Phi) is 7.87. The molecule has 2 N–H and O–H groups in total. The summed E-state index contributed by atoms with van der Waals surface area (Å²) in [6.45, 7) is 0. The molecule has 6 nitrogen and oxygen atoms in total. The third-order valence-corrected chi connectivity index (χ3v) is 9.33. The number of benzene rings is 7. The van der Waals surface area contributed by atoms with Crippen molar-refractivity contribution < 1.29 is 0 Å². The van der Waals surface area contributed by atoms with E-state index in [2.05, 4.69) is 94.8 Å². The summed E-state index contributed by atoms with van der Waals surface area (Å²) in [5.41, 5.74) is 10.9. The van der Waals surface area contributed by atoms with Crippen LogP contribution in [-0.2, 0) is 0 Å². The molecule has 7 aromatic carbocycles. The van der Waals surface area contributed by atoms with Gasteiger partial charge in [0.15, 0.2) is 17.5 Å². The Bertz CT molecular complexity index is 2640. The molecule has 0 spiro atoms. The molecule has 0 amide bonds. The van der Waals surface area contributed by atoms with Crippen LogP contribution in [0.25, 0.3) is 72.8 Å². The monoisotopic (exact) mass is 668 g/mol. The molecule has 0 saturated heterocycles. The molecule has 0 fully saturated rings. The minimum absolute atomic E-state index is 0.625. The Morgan fingerprint density at radius 3 is 1.65 bits per heavy atom. The topological polar surface area (TPSA) is 79.5 Å². The van der Waals surface area contributed by atoms with E-state index < -0.39 is 0 Å². The van der Waals surface area contributed by atoms with Crippen LogP contribution in [0.3, 0.4) is 0 Å². The maximum absolute atomic E-state index is 8.26. The van der Waals surface area contributed by atoms with E-state index in [1.165, 1.54) is 6.21 Å². The van der Waals surface area contributed by atoms with Gasteiger partial charge in [0.2, 0.25) is 0 Å². The first-order valence-electron chi connectivity index (χ1n) is 17.2. The number of anilines is 2. The number of fused-ring (bicyclic) bond motifs is 3. The fourth-order valence-corrected chi connectivity index (χ4v) is 6.79. The van der Waals surface area contributed by atoms with Crippen LogP contribution in [0.2, 0.25) is 0 Å². The van der Waals surface area contributed by atoms with Crippen LogP contribution in [0.5, 0.6) is 0 Å². The molecule has 0 aliphatic carbocycles. The zero-order chi connectivity index (χ0) is 34.9. The molecule has 0 bridgehead atoms. The lowest BCUT2D eigenvalue weighted by molar-refractivity contribution is 1.07. The van der Waals surface area contributed by atoms with E-state index in [1.807, 2.05) is 91.0 Å². The Morgan fingerprint density at radius 1 is 0.442 bits per heavy atom. The van der Waals surface area contributed by atoms with Gasteiger partial charge in [-0.05, 0) is 59.7 Å². The summed E-state index contributed by atoms with van der Waals surface area (Å²) in [6, 6.07) is 59.9. The van der Waals surface area contributed by atoms with Crippen LogP contribution in [0.1, 0.15) is 5.56 Å². The maximum Gasteiger partial charge on any atom is 0.164 e. The second kappa shape index (κ2) is 13.3. The minimum Gasteiger partial charge on any atom is -0.355 e. The fourth-order valence-electron chi connectivity index (χ4n) is 6.79. The molecule has 0 saturated carbocycles. The normalized spacial score (nSPS) is 11.2. The van der Waals surface area contributed by atoms with Crippen LogP contribution in [-0.4, -0.2) is 25.7 Å². The van der Waals surface area contributed by atoms with Crippen LogP contribution < -0.4 is 5.32 Å². The summed E-state index contributed by atoms with van der Waals surface area (Å²) >= 11 is 0. The van der Waals surface area contributed by atoms with Crippen molar-refractivity contribution in [3.63, 3.8) is 0 Å². The summed E-state index contributed by atoms with van der Waals surface area (Å²) in [4.78, 5) is 14.7. The van der Waals surface area contributed by atoms with Gasteiger partial charge in [0.1, 0.15) is 0 Å². The van der Waals surface area contributed by atoms with Crippen molar-refractivity contribution in [1.29, 1.82) is 5.41 Å². The van der Waals surface area contributed by atoms with Gasteiger partial charge in [-0.15, -0.1) is 0 Å². The summed E-state index contributed by atoms with van der Waals surface area (Å²) in [5, 5.41) is 14.1. The molecule has 9 rings (SSSR count). The van der Waals surface area contributed by atoms with Gasteiger partial charge in [-0.3, -0.25) is 0 Å². The van der Waals surface area contributed by atoms with Crippen LogP contribution in [0.15, 0.2) is 176 Å². The highest BCUT2D eigenvalue weighted by molar-refractivity contribution is 6.12. The fraction of sp³-hybridized carbons (Fsp3) is 0. The molecule has 52 heavy (non-hydrogen) atoms. The first-order valence-corrected chi connectivity index (χ1v) is 17.2. The highest BCUT2D eigenvalue weighted by Crippen LogP contribution is 2.37. The van der Waals surface area contributed by atoms with Crippen LogP contribution in [0.4, 0.5) is 11.4 Å². The third kappa shape index (κ3) is 5.78. The largest absolute Gasteiger partial charge is 0.355 e. The number of rotatable bonds is 8. The lowest BCUT2D eigenvalue weighted by Crippen LogP contribution is -2.00. The SMILES string of the molecule is N=Cc1cc2c(cc1Nc1ccccc1)c1ccccc1n2-c1ccc(-c2cccc(-c3nc(-c4ccccc4)nc(-c4ccccc4)n3)c2)cc1. The number of nitrogens with zero attached hydrogens (tertiary/aromatic N) is 4. The number of hydrogen-bond donors (Lipinski definition) is 2. The quantitative estimate of drug-likeness (QED) is 0.158. The summed E-state index contributed by atoms with van der Waals surface area (Å²) < 4.78 is 2.28. The van der Waals surface area contributed by atoms with Crippen LogP contribution in [0, 0.1) is 5.41 Å². The predicted molar refractivity (Wildman–Crippen MR) is 214 cm³/mol. The first-order chi connectivity index (χ1) is 25.7. The summed E-state index contributed by atoms with van der Waals surface area (Å²) in [6.07, 6.45) is 1.42. The molecule has 0 aliphatic heterocycles. The highest BCUT2D eigenvalue weighted by atomic mass is 15.0. The Hall–Kier alpha value is -7.18. The van der Waals surface area contributed by atoms with E-state index in [-0.39, 0.29) is 0 Å². The van der Waals surface area contributed by atoms with Crippen molar-refractivity contribution in [1.82, 2.24) is 19.5 Å². The van der Waals surface area contributed by atoms with Gasteiger partial charge in [-0.25, -0.2) is 15.0 Å². The summed E-state index contributed by atoms with van der Waals surface area (Å²) in [5.74, 6) is 1.90. The van der Waals surface area contributed by atoms with Crippen molar-refractivity contribution in [2.24, 2.45) is 0 Å². The van der Waals surface area contributed by atoms with E-state index in [1.54, 1.807) is 0 Å². The van der Waals surface area contributed by atoms with Crippen molar-refractivity contribution in [3.05, 3.63) is 181 Å². The van der Waals surface area contributed by atoms with Gasteiger partial charge < -0.3 is 15.3 Å². The average Bonchev–Trinajstić information content (AvgIpc) is 3.54. The maximum atomic E-state index is 8.26. The minimum atomic E-state index is 0.625. The second-order valence-electron chi connectivity index (χ2n) is 12.6. The van der Waals surface area contributed by atoms with Crippen molar-refractivity contribution in [2.75, 3.05) is 5.32 Å². The lowest BCUT2D eigenvalue weighted by Gasteiger charge is -2.13. The zero-order valence-electron chi connectivity index (χ0n) is 28.1. The van der Waals surface area contributed by atoms with Crippen LogP contribution >= 0.6 is 0 Å². The molecular formula is C46H32N6. The van der Waals surface area contributed by atoms with Gasteiger partial charge in [-0.2, -0.15) is 0 Å². The molecule has 2 heterocycles. The number of nitrogens with one attached hydrogen (secondary N) is 2. The molecular weight excluding hydrogens is 637 g/mol. The van der Waals surface area contributed by atoms with Gasteiger partial charge in [0.05, 0.1) is 11.0 Å². The molecule has 9 aromatic rings. The van der Waals surface area contributed by atoms with E-state index in [0.29, 0.717) is 17.5 Å². The molecule has 0 atom stereocenters. The molecule has 6 heteroatoms. The zero-order valence-corrected chi connectivity index (χ0v) is 28.1. The van der Waals surface area contributed by atoms with Crippen molar-refractivity contribution in [2.45, 2.75) is 0 Å². The first kappa shape index (κ1) is 30.8. The van der Waals surface area contributed by atoms with E-state index in [9.17, 15) is 0 Å². The standard InChI is InChI=1S/C46H32N6/c47-30-36-28-43-40(29-41(36)48-37-19-8-3-9-20-37)39-21-10-11-22-42(39)52(43)38-25-23-31(24-26-38)34-17-12-18-35(27-34)46-50-44(32-13-4-1-5-14-32)49-45(51-46)33-15-6-2-7-16-33/h1-30,47-48H. The molecule has 0 aliphatic rings. The molecule has 2 aromatic heterocycles. The van der Waals surface area contributed by atoms with Crippen molar-refractivity contribution >= 4 is 39.4 Å². The second-order valence-corrected chi connectivity index (χ2v) is 12.6. The smallest absolute Gasteiger partial charge is 0.164 e. The number of para-hydroxylation sites is 2. The average molecular weight is 669 g/mol.